The number of phenols is 1. The maximum atomic E-state index is 10.9. The molecule has 0 spiro atoms. The van der Waals surface area contributed by atoms with E-state index in [-0.39, 0.29) is 18.3 Å². The summed E-state index contributed by atoms with van der Waals surface area (Å²) in [6.07, 6.45) is 16.9. The van der Waals surface area contributed by atoms with Gasteiger partial charge in [0, 0.05) is 12.8 Å². The van der Waals surface area contributed by atoms with E-state index in [1.54, 1.807) is 12.1 Å². The number of aliphatic hydroxyl groups is 2. The highest BCUT2D eigenvalue weighted by Gasteiger charge is 2.38. The van der Waals surface area contributed by atoms with Gasteiger partial charge < -0.3 is 20.1 Å². The molecule has 0 aromatic heterocycles. The average Bonchev–Trinajstić information content (AvgIpc) is 2.71. The average molecular weight is 421 g/mol. The maximum absolute atomic E-state index is 10.9. The van der Waals surface area contributed by atoms with E-state index >= 15 is 0 Å². The fourth-order valence-electron chi connectivity index (χ4n) is 4.54. The molecule has 4 nitrogen and oxygen atoms in total. The van der Waals surface area contributed by atoms with Crippen LogP contribution in [0.1, 0.15) is 109 Å². The van der Waals surface area contributed by atoms with Gasteiger partial charge in [-0.25, -0.2) is 0 Å². The van der Waals surface area contributed by atoms with Crippen molar-refractivity contribution < 1.29 is 20.1 Å². The number of ether oxygens (including phenoxy) is 1. The Morgan fingerprint density at radius 2 is 1.47 bits per heavy atom. The third kappa shape index (κ3) is 10.3. The first-order valence-corrected chi connectivity index (χ1v) is 12.4. The third-order valence-electron chi connectivity index (χ3n) is 6.35. The number of hydrogen-bond donors (Lipinski definition) is 3. The summed E-state index contributed by atoms with van der Waals surface area (Å²) in [7, 11) is 0. The molecular formula is C26H44O4. The van der Waals surface area contributed by atoms with Gasteiger partial charge in [0.1, 0.15) is 5.75 Å². The molecule has 30 heavy (non-hydrogen) atoms. The predicted octanol–water partition coefficient (Wildman–Crippen LogP) is 6.25. The second-order valence-corrected chi connectivity index (χ2v) is 9.27. The molecule has 0 amide bonds. The smallest absolute Gasteiger partial charge is 0.168 e. The zero-order valence-corrected chi connectivity index (χ0v) is 19.0. The zero-order chi connectivity index (χ0) is 21.7. The molecule has 1 saturated heterocycles. The summed E-state index contributed by atoms with van der Waals surface area (Å²) in [5.74, 6) is -1.01. The van der Waals surface area contributed by atoms with Crippen molar-refractivity contribution >= 4 is 0 Å². The molecule has 1 aromatic rings. The summed E-state index contributed by atoms with van der Waals surface area (Å²) in [5, 5.41) is 30.5. The quantitative estimate of drug-likeness (QED) is 0.293. The Hall–Kier alpha value is -1.10. The lowest BCUT2D eigenvalue weighted by atomic mass is 9.91. The second kappa shape index (κ2) is 14.1. The van der Waals surface area contributed by atoms with Crippen molar-refractivity contribution in [2.45, 2.75) is 128 Å². The van der Waals surface area contributed by atoms with E-state index in [0.29, 0.717) is 19.3 Å². The van der Waals surface area contributed by atoms with Crippen LogP contribution in [-0.2, 0) is 11.2 Å². The lowest BCUT2D eigenvalue weighted by Crippen LogP contribution is -2.46. The third-order valence-corrected chi connectivity index (χ3v) is 6.35. The van der Waals surface area contributed by atoms with Crippen LogP contribution in [0.2, 0.25) is 0 Å². The van der Waals surface area contributed by atoms with E-state index in [2.05, 4.69) is 6.92 Å². The number of hydrogen-bond acceptors (Lipinski definition) is 4. The lowest BCUT2D eigenvalue weighted by molar-refractivity contribution is -0.275. The van der Waals surface area contributed by atoms with Crippen LogP contribution in [0.4, 0.5) is 0 Å². The summed E-state index contributed by atoms with van der Waals surface area (Å²) in [6.45, 7) is 2.26. The predicted molar refractivity (Wildman–Crippen MR) is 123 cm³/mol. The van der Waals surface area contributed by atoms with Gasteiger partial charge in [-0.15, -0.1) is 0 Å². The molecule has 0 aliphatic carbocycles. The Labute approximate surface area is 183 Å². The molecular weight excluding hydrogens is 376 g/mol. The van der Waals surface area contributed by atoms with Gasteiger partial charge in [0.15, 0.2) is 5.79 Å². The fourth-order valence-corrected chi connectivity index (χ4v) is 4.54. The number of aromatic hydroxyl groups is 1. The van der Waals surface area contributed by atoms with Crippen LogP contribution in [0.5, 0.6) is 5.75 Å². The van der Waals surface area contributed by atoms with E-state index in [4.69, 9.17) is 4.74 Å². The Morgan fingerprint density at radius 3 is 2.07 bits per heavy atom. The highest BCUT2D eigenvalue weighted by Crippen LogP contribution is 2.33. The molecule has 4 heteroatoms. The summed E-state index contributed by atoms with van der Waals surface area (Å²) >= 11 is 0. The van der Waals surface area contributed by atoms with Crippen molar-refractivity contribution in [3.05, 3.63) is 29.8 Å². The lowest BCUT2D eigenvalue weighted by Gasteiger charge is -2.40. The molecule has 3 atom stereocenters. The maximum Gasteiger partial charge on any atom is 0.168 e. The topological polar surface area (TPSA) is 69.9 Å². The normalized spacial score (nSPS) is 24.2. The van der Waals surface area contributed by atoms with Gasteiger partial charge in [-0.1, -0.05) is 89.7 Å². The van der Waals surface area contributed by atoms with Crippen LogP contribution in [-0.4, -0.2) is 33.3 Å². The molecule has 0 radical (unpaired) electrons. The van der Waals surface area contributed by atoms with Crippen molar-refractivity contribution in [2.24, 2.45) is 0 Å². The van der Waals surface area contributed by atoms with E-state index in [9.17, 15) is 15.3 Å². The van der Waals surface area contributed by atoms with E-state index in [1.807, 2.05) is 12.1 Å². The van der Waals surface area contributed by atoms with Crippen LogP contribution in [0.25, 0.3) is 0 Å². The first-order valence-electron chi connectivity index (χ1n) is 12.4. The summed E-state index contributed by atoms with van der Waals surface area (Å²) in [6, 6.07) is 7.04. The molecule has 0 unspecified atom stereocenters. The summed E-state index contributed by atoms with van der Waals surface area (Å²) in [4.78, 5) is 0. The minimum absolute atomic E-state index is 0.0582. The summed E-state index contributed by atoms with van der Waals surface area (Å²) < 4.78 is 6.03. The van der Waals surface area contributed by atoms with Crippen LogP contribution in [0.3, 0.4) is 0 Å². The molecule has 172 valence electrons. The van der Waals surface area contributed by atoms with Crippen LogP contribution in [0.15, 0.2) is 24.3 Å². The van der Waals surface area contributed by atoms with E-state index < -0.39 is 11.9 Å². The Morgan fingerprint density at radius 1 is 0.900 bits per heavy atom. The second-order valence-electron chi connectivity index (χ2n) is 9.27. The van der Waals surface area contributed by atoms with Gasteiger partial charge in [-0.05, 0) is 37.0 Å². The standard InChI is InChI=1S/C26H44O4/c1-2-3-4-5-6-7-8-9-10-11-12-13-25-20-24(28)21-26(29,30-25)19-18-22-14-16-23(27)17-15-22/h14-17,24-25,27-29H,2-13,18-21H2,1H3/t24-,25+,26-/m1/s1. The SMILES string of the molecule is CCCCCCCCCCCCC[C@H]1C[C@@H](O)C[C@@](O)(CCc2ccc(O)cc2)O1. The highest BCUT2D eigenvalue weighted by molar-refractivity contribution is 5.26. The molecule has 1 aliphatic heterocycles. The number of benzene rings is 1. The fraction of sp³-hybridized carbons (Fsp3) is 0.769. The van der Waals surface area contributed by atoms with Crippen molar-refractivity contribution in [3.63, 3.8) is 0 Å². The van der Waals surface area contributed by atoms with Crippen LogP contribution >= 0.6 is 0 Å². The molecule has 0 bridgehead atoms. The molecule has 0 saturated carbocycles. The first-order chi connectivity index (χ1) is 14.5. The molecule has 1 aliphatic rings. The minimum atomic E-state index is -1.25. The molecule has 1 heterocycles. The van der Waals surface area contributed by atoms with E-state index in [0.717, 1.165) is 18.4 Å². The van der Waals surface area contributed by atoms with Gasteiger partial charge in [-0.2, -0.15) is 0 Å². The van der Waals surface area contributed by atoms with Crippen LogP contribution < -0.4 is 0 Å². The Kier molecular flexibility index (Phi) is 11.8. The number of unbranched alkanes of at least 4 members (excludes halogenated alkanes) is 10. The number of aliphatic hydroxyl groups excluding tert-OH is 1. The number of rotatable bonds is 15. The molecule has 1 fully saturated rings. The van der Waals surface area contributed by atoms with Gasteiger partial charge >= 0.3 is 0 Å². The van der Waals surface area contributed by atoms with Gasteiger partial charge in [-0.3, -0.25) is 0 Å². The van der Waals surface area contributed by atoms with Gasteiger partial charge in [0.25, 0.3) is 0 Å². The molecule has 2 rings (SSSR count). The van der Waals surface area contributed by atoms with Crippen molar-refractivity contribution in [1.29, 1.82) is 0 Å². The summed E-state index contributed by atoms with van der Waals surface area (Å²) in [5.41, 5.74) is 1.05. The highest BCUT2D eigenvalue weighted by atomic mass is 16.6. The number of aryl methyl sites for hydroxylation is 1. The van der Waals surface area contributed by atoms with Gasteiger partial charge in [0.2, 0.25) is 0 Å². The number of phenolic OH excluding ortho intramolecular Hbond substituents is 1. The van der Waals surface area contributed by atoms with Crippen molar-refractivity contribution in [1.82, 2.24) is 0 Å². The molecule has 3 N–H and O–H groups in total. The first kappa shape index (κ1) is 25.2. The Bertz CT molecular complexity index is 559. The Balaban J connectivity index is 1.58. The van der Waals surface area contributed by atoms with Gasteiger partial charge in [0.05, 0.1) is 12.2 Å². The van der Waals surface area contributed by atoms with Crippen LogP contribution in [0, 0.1) is 0 Å². The zero-order valence-electron chi connectivity index (χ0n) is 19.0. The van der Waals surface area contributed by atoms with Crippen molar-refractivity contribution in [2.75, 3.05) is 0 Å². The minimum Gasteiger partial charge on any atom is -0.508 e. The largest absolute Gasteiger partial charge is 0.508 e. The van der Waals surface area contributed by atoms with E-state index in [1.165, 1.54) is 64.2 Å². The monoisotopic (exact) mass is 420 g/mol. The molecule has 1 aromatic carbocycles. The van der Waals surface area contributed by atoms with Crippen molar-refractivity contribution in [3.8, 4) is 5.75 Å².